The van der Waals surface area contributed by atoms with Crippen molar-refractivity contribution in [1.82, 2.24) is 4.98 Å². The Balaban J connectivity index is 2.25. The Hall–Kier alpha value is -2.87. The fraction of sp³-hybridized carbons (Fsp3) is 0.500. The molecule has 0 bridgehead atoms. The van der Waals surface area contributed by atoms with Gasteiger partial charge in [-0.05, 0) is 25.0 Å². The summed E-state index contributed by atoms with van der Waals surface area (Å²) in [4.78, 5) is 26.0. The lowest BCUT2D eigenvalue weighted by Crippen LogP contribution is -2.33. The average Bonchev–Trinajstić information content (AvgIpc) is 3.19. The number of thiazole rings is 1. The Kier molecular flexibility index (Phi) is 9.71. The molecule has 0 unspecified atom stereocenters. The van der Waals surface area contributed by atoms with Gasteiger partial charge in [0.15, 0.2) is 20.7 Å². The molecule has 0 spiro atoms. The van der Waals surface area contributed by atoms with Gasteiger partial charge in [0.2, 0.25) is 0 Å². The molecule has 0 saturated heterocycles. The van der Waals surface area contributed by atoms with Crippen LogP contribution in [0.3, 0.4) is 0 Å². The van der Waals surface area contributed by atoms with Crippen molar-refractivity contribution in [2.45, 2.75) is 51.4 Å². The van der Waals surface area contributed by atoms with Gasteiger partial charge < -0.3 is 20.1 Å². The quantitative estimate of drug-likeness (QED) is 0.392. The van der Waals surface area contributed by atoms with Crippen LogP contribution in [0.5, 0.6) is 0 Å². The second-order valence-electron chi connectivity index (χ2n) is 8.17. The van der Waals surface area contributed by atoms with Crippen molar-refractivity contribution < 1.29 is 40.7 Å². The van der Waals surface area contributed by atoms with Crippen LogP contribution in [0.15, 0.2) is 23.1 Å². The van der Waals surface area contributed by atoms with Gasteiger partial charge in [0.1, 0.15) is 11.5 Å². The highest BCUT2D eigenvalue weighted by Crippen LogP contribution is 2.37. The van der Waals surface area contributed by atoms with E-state index in [0.717, 1.165) is 6.26 Å². The molecule has 2 N–H and O–H groups in total. The molecule has 36 heavy (non-hydrogen) atoms. The SMILES string of the molecule is CCOC(=O)c1sc(N[C@@H](CNc2ccc(COC(C)=O)c(S(C)(=O)=O)c2)C(C)C)nc1C(F)(F)F. The first-order valence-corrected chi connectivity index (χ1v) is 13.6. The van der Waals surface area contributed by atoms with E-state index in [9.17, 15) is 31.2 Å². The lowest BCUT2D eigenvalue weighted by molar-refractivity contribution is -0.142. The van der Waals surface area contributed by atoms with E-state index in [2.05, 4.69) is 15.6 Å². The maximum Gasteiger partial charge on any atom is 0.435 e. The predicted molar refractivity (Wildman–Crippen MR) is 129 cm³/mol. The zero-order valence-electron chi connectivity index (χ0n) is 20.4. The van der Waals surface area contributed by atoms with Gasteiger partial charge in [0.05, 0.1) is 11.5 Å². The summed E-state index contributed by atoms with van der Waals surface area (Å²) in [5.74, 6) is -1.74. The zero-order chi connectivity index (χ0) is 27.3. The molecule has 14 heteroatoms. The molecule has 0 aliphatic rings. The maximum atomic E-state index is 13.4. The number of hydrogen-bond donors (Lipinski definition) is 2. The van der Waals surface area contributed by atoms with E-state index in [-0.39, 0.29) is 35.7 Å². The molecule has 9 nitrogen and oxygen atoms in total. The first kappa shape index (κ1) is 29.4. The number of hydrogen-bond acceptors (Lipinski definition) is 10. The van der Waals surface area contributed by atoms with E-state index >= 15 is 0 Å². The molecule has 2 aromatic rings. The molecule has 1 atom stereocenters. The van der Waals surface area contributed by atoms with Crippen LogP contribution in [0.25, 0.3) is 0 Å². The number of benzene rings is 1. The number of halogens is 3. The summed E-state index contributed by atoms with van der Waals surface area (Å²) in [7, 11) is -3.64. The molecule has 0 saturated carbocycles. The lowest BCUT2D eigenvalue weighted by Gasteiger charge is -2.23. The first-order valence-electron chi connectivity index (χ1n) is 10.8. The van der Waals surface area contributed by atoms with Crippen LogP contribution in [0.4, 0.5) is 24.0 Å². The number of alkyl halides is 3. The van der Waals surface area contributed by atoms with E-state index in [1.807, 2.05) is 13.8 Å². The number of nitrogens with zero attached hydrogens (tertiary/aromatic N) is 1. The summed E-state index contributed by atoms with van der Waals surface area (Å²) in [6.07, 6.45) is -3.80. The van der Waals surface area contributed by atoms with E-state index in [1.165, 1.54) is 26.0 Å². The van der Waals surface area contributed by atoms with E-state index in [4.69, 9.17) is 9.47 Å². The third kappa shape index (κ3) is 8.08. The Morgan fingerprint density at radius 2 is 1.86 bits per heavy atom. The van der Waals surface area contributed by atoms with Crippen LogP contribution in [0, 0.1) is 5.92 Å². The number of carbonyl (C=O) groups is 2. The number of esters is 2. The molecule has 2 rings (SSSR count). The molecule has 0 radical (unpaired) electrons. The molecule has 0 amide bonds. The highest BCUT2D eigenvalue weighted by molar-refractivity contribution is 7.90. The Morgan fingerprint density at radius 1 is 1.19 bits per heavy atom. The molecular weight excluding hydrogens is 523 g/mol. The van der Waals surface area contributed by atoms with Crippen molar-refractivity contribution in [3.63, 3.8) is 0 Å². The molecule has 0 aliphatic carbocycles. The molecule has 200 valence electrons. The van der Waals surface area contributed by atoms with Gasteiger partial charge in [-0.15, -0.1) is 0 Å². The number of ether oxygens (including phenoxy) is 2. The van der Waals surface area contributed by atoms with Crippen LogP contribution >= 0.6 is 11.3 Å². The van der Waals surface area contributed by atoms with Crippen LogP contribution < -0.4 is 10.6 Å². The maximum absolute atomic E-state index is 13.4. The third-order valence-electron chi connectivity index (χ3n) is 4.89. The monoisotopic (exact) mass is 551 g/mol. The normalized spacial score (nSPS) is 12.8. The van der Waals surface area contributed by atoms with E-state index in [0.29, 0.717) is 22.6 Å². The molecule has 1 aromatic carbocycles. The fourth-order valence-electron chi connectivity index (χ4n) is 3.06. The van der Waals surface area contributed by atoms with E-state index in [1.54, 1.807) is 6.07 Å². The predicted octanol–water partition coefficient (Wildman–Crippen LogP) is 4.35. The van der Waals surface area contributed by atoms with Crippen molar-refractivity contribution in [2.24, 2.45) is 5.92 Å². The number of rotatable bonds is 11. The van der Waals surface area contributed by atoms with Crippen LogP contribution in [-0.4, -0.2) is 50.8 Å². The van der Waals surface area contributed by atoms with Crippen LogP contribution in [-0.2, 0) is 36.9 Å². The lowest BCUT2D eigenvalue weighted by atomic mass is 10.0. The van der Waals surface area contributed by atoms with Crippen LogP contribution in [0.1, 0.15) is 48.6 Å². The number of aromatic nitrogens is 1. The van der Waals surface area contributed by atoms with Gasteiger partial charge in [-0.1, -0.05) is 31.3 Å². The summed E-state index contributed by atoms with van der Waals surface area (Å²) in [6, 6.07) is 4.08. The molecule has 1 aromatic heterocycles. The van der Waals surface area contributed by atoms with E-state index < -0.39 is 44.6 Å². The summed E-state index contributed by atoms with van der Waals surface area (Å²) in [5.41, 5.74) is -0.562. The standard InChI is InChI=1S/C22H28F3N3O6S2/c1-6-33-20(30)18-19(22(23,24)25)28-21(35-18)27-16(12(2)3)10-26-15-8-7-14(11-34-13(4)29)17(9-15)36(5,31)32/h7-9,12,16,26H,6,10-11H2,1-5H3,(H,27,28)/t16-/m0/s1. The van der Waals surface area contributed by atoms with Crippen molar-refractivity contribution >= 4 is 43.9 Å². The number of sulfone groups is 1. The minimum absolute atomic E-state index is 0.0170. The van der Waals surface area contributed by atoms with Gasteiger partial charge in [0.25, 0.3) is 0 Å². The first-order chi connectivity index (χ1) is 16.6. The molecular formula is C22H28F3N3O6S2. The van der Waals surface area contributed by atoms with Gasteiger partial charge in [0, 0.05) is 37.0 Å². The summed E-state index contributed by atoms with van der Waals surface area (Å²) >= 11 is 0.552. The Labute approximate surface area is 211 Å². The third-order valence-corrected chi connectivity index (χ3v) is 7.04. The highest BCUT2D eigenvalue weighted by atomic mass is 32.2. The molecule has 1 heterocycles. The second kappa shape index (κ2) is 11.9. The zero-order valence-corrected chi connectivity index (χ0v) is 22.0. The molecule has 0 aliphatic heterocycles. The molecule has 0 fully saturated rings. The Bertz CT molecular complexity index is 1200. The van der Waals surface area contributed by atoms with Gasteiger partial charge >= 0.3 is 18.1 Å². The van der Waals surface area contributed by atoms with Crippen LogP contribution in [0.2, 0.25) is 0 Å². The summed E-state index contributed by atoms with van der Waals surface area (Å²) in [6.45, 7) is 6.30. The van der Waals surface area contributed by atoms with Crippen molar-refractivity contribution in [1.29, 1.82) is 0 Å². The summed E-state index contributed by atoms with van der Waals surface area (Å²) < 4.78 is 74.4. The average molecular weight is 552 g/mol. The smallest absolute Gasteiger partial charge is 0.435 e. The Morgan fingerprint density at radius 3 is 2.39 bits per heavy atom. The number of anilines is 2. The number of carbonyl (C=O) groups excluding carboxylic acids is 2. The topological polar surface area (TPSA) is 124 Å². The van der Waals surface area contributed by atoms with Crippen molar-refractivity contribution in [2.75, 3.05) is 30.0 Å². The highest BCUT2D eigenvalue weighted by Gasteiger charge is 2.40. The van der Waals surface area contributed by atoms with Crippen molar-refractivity contribution in [3.05, 3.63) is 34.3 Å². The number of nitrogens with one attached hydrogen (secondary N) is 2. The van der Waals surface area contributed by atoms with Gasteiger partial charge in [-0.25, -0.2) is 18.2 Å². The van der Waals surface area contributed by atoms with Gasteiger partial charge in [-0.2, -0.15) is 13.2 Å². The van der Waals surface area contributed by atoms with Crippen molar-refractivity contribution in [3.8, 4) is 0 Å². The summed E-state index contributed by atoms with van der Waals surface area (Å²) in [5, 5.41) is 5.91. The minimum Gasteiger partial charge on any atom is -0.462 e. The minimum atomic E-state index is -4.83. The largest absolute Gasteiger partial charge is 0.462 e. The van der Waals surface area contributed by atoms with Gasteiger partial charge in [-0.3, -0.25) is 4.79 Å². The fourth-order valence-corrected chi connectivity index (χ4v) is 4.94. The second-order valence-corrected chi connectivity index (χ2v) is 11.1.